The Hall–Kier alpha value is -2.22. The number of benzene rings is 2. The lowest BCUT2D eigenvalue weighted by Gasteiger charge is -2.34. The third-order valence-electron chi connectivity index (χ3n) is 4.60. The van der Waals surface area contributed by atoms with Crippen LogP contribution in [0.2, 0.25) is 0 Å². The van der Waals surface area contributed by atoms with Crippen LogP contribution in [0.3, 0.4) is 0 Å². The van der Waals surface area contributed by atoms with E-state index in [9.17, 15) is 13.2 Å². The average molecular weight is 388 g/mol. The van der Waals surface area contributed by atoms with Crippen LogP contribution in [0.25, 0.3) is 0 Å². The molecular formula is C20H25N3O3S. The first-order valence-electron chi connectivity index (χ1n) is 9.02. The van der Waals surface area contributed by atoms with Gasteiger partial charge in [0.05, 0.1) is 6.54 Å². The summed E-state index contributed by atoms with van der Waals surface area (Å²) < 4.78 is 28.5. The molecule has 1 amide bonds. The predicted octanol–water partition coefficient (Wildman–Crippen LogP) is 2.69. The van der Waals surface area contributed by atoms with Gasteiger partial charge in [0.2, 0.25) is 5.91 Å². The number of amides is 1. The molecule has 0 bridgehead atoms. The summed E-state index contributed by atoms with van der Waals surface area (Å²) in [5.41, 5.74) is 3.83. The molecule has 3 rings (SSSR count). The van der Waals surface area contributed by atoms with Gasteiger partial charge in [-0.15, -0.1) is 0 Å². The molecule has 1 saturated heterocycles. The second kappa shape index (κ2) is 8.21. The molecule has 1 aliphatic rings. The standard InChI is InChI=1S/C20H25N3O3S/c1-16-4-8-18(9-5-16)14-22-12-3-13-23(27(22,25)26)15-20(24)21-19-10-6-17(2)7-11-19/h4-11H,3,12-15H2,1-2H3,(H,21,24). The molecule has 1 N–H and O–H groups in total. The summed E-state index contributed by atoms with van der Waals surface area (Å²) >= 11 is 0. The van der Waals surface area contributed by atoms with Gasteiger partial charge in [-0.25, -0.2) is 0 Å². The molecule has 1 aliphatic heterocycles. The van der Waals surface area contributed by atoms with E-state index in [1.54, 1.807) is 0 Å². The van der Waals surface area contributed by atoms with Crippen LogP contribution in [-0.2, 0) is 21.5 Å². The fraction of sp³-hybridized carbons (Fsp3) is 0.350. The number of hydrogen-bond acceptors (Lipinski definition) is 3. The van der Waals surface area contributed by atoms with Crippen LogP contribution >= 0.6 is 0 Å². The molecule has 27 heavy (non-hydrogen) atoms. The van der Waals surface area contributed by atoms with Gasteiger partial charge in [0.15, 0.2) is 0 Å². The second-order valence-corrected chi connectivity index (χ2v) is 8.86. The fourth-order valence-electron chi connectivity index (χ4n) is 3.03. The van der Waals surface area contributed by atoms with Crippen LogP contribution in [0, 0.1) is 13.8 Å². The summed E-state index contributed by atoms with van der Waals surface area (Å²) in [4.78, 5) is 12.3. The lowest BCUT2D eigenvalue weighted by molar-refractivity contribution is -0.116. The van der Waals surface area contributed by atoms with Crippen molar-refractivity contribution in [2.75, 3.05) is 25.0 Å². The Morgan fingerprint density at radius 3 is 2.11 bits per heavy atom. The zero-order valence-electron chi connectivity index (χ0n) is 15.7. The topological polar surface area (TPSA) is 69.7 Å². The van der Waals surface area contributed by atoms with Gasteiger partial charge in [0.25, 0.3) is 10.2 Å². The van der Waals surface area contributed by atoms with E-state index in [1.165, 1.54) is 8.61 Å². The maximum absolute atomic E-state index is 12.9. The molecule has 0 aromatic heterocycles. The summed E-state index contributed by atoms with van der Waals surface area (Å²) in [7, 11) is -3.66. The average Bonchev–Trinajstić information content (AvgIpc) is 2.62. The number of anilines is 1. The van der Waals surface area contributed by atoms with Crippen LogP contribution in [0.15, 0.2) is 48.5 Å². The van der Waals surface area contributed by atoms with Crippen molar-refractivity contribution < 1.29 is 13.2 Å². The predicted molar refractivity (Wildman–Crippen MR) is 107 cm³/mol. The number of nitrogens with one attached hydrogen (secondary N) is 1. The summed E-state index contributed by atoms with van der Waals surface area (Å²) in [6, 6.07) is 15.2. The van der Waals surface area contributed by atoms with Crippen LogP contribution in [0.5, 0.6) is 0 Å². The summed E-state index contributed by atoms with van der Waals surface area (Å²) in [6.07, 6.45) is 0.697. The zero-order chi connectivity index (χ0) is 19.4. The molecule has 1 heterocycles. The molecule has 0 atom stereocenters. The molecule has 6 nitrogen and oxygen atoms in total. The molecule has 0 aliphatic carbocycles. The SMILES string of the molecule is Cc1ccc(CN2CCCN(CC(=O)Nc3ccc(C)cc3)S2(=O)=O)cc1. The minimum atomic E-state index is -3.66. The summed E-state index contributed by atoms with van der Waals surface area (Å²) in [5, 5.41) is 2.76. The minimum absolute atomic E-state index is 0.180. The molecule has 144 valence electrons. The first kappa shape index (κ1) is 19.5. The minimum Gasteiger partial charge on any atom is -0.325 e. The molecule has 7 heteroatoms. The number of nitrogens with zero attached hydrogens (tertiary/aromatic N) is 2. The largest absolute Gasteiger partial charge is 0.325 e. The van der Waals surface area contributed by atoms with E-state index < -0.39 is 10.2 Å². The number of carbonyl (C=O) groups excluding carboxylic acids is 1. The normalized spacial score (nSPS) is 17.6. The Morgan fingerprint density at radius 2 is 1.48 bits per heavy atom. The van der Waals surface area contributed by atoms with E-state index in [1.807, 2.05) is 62.4 Å². The third kappa shape index (κ3) is 4.94. The lowest BCUT2D eigenvalue weighted by atomic mass is 10.1. The van der Waals surface area contributed by atoms with Gasteiger partial charge >= 0.3 is 0 Å². The van der Waals surface area contributed by atoms with Crippen molar-refractivity contribution >= 4 is 21.8 Å². The van der Waals surface area contributed by atoms with Gasteiger partial charge in [-0.3, -0.25) is 4.79 Å². The van der Waals surface area contributed by atoms with Gasteiger partial charge in [0.1, 0.15) is 0 Å². The van der Waals surface area contributed by atoms with Crippen LogP contribution < -0.4 is 5.32 Å². The molecule has 0 unspecified atom stereocenters. The first-order chi connectivity index (χ1) is 12.8. The highest BCUT2D eigenvalue weighted by Gasteiger charge is 2.34. The monoisotopic (exact) mass is 387 g/mol. The van der Waals surface area contributed by atoms with Crippen molar-refractivity contribution in [2.45, 2.75) is 26.8 Å². The number of aryl methyl sites for hydroxylation is 2. The van der Waals surface area contributed by atoms with Crippen LogP contribution in [0.4, 0.5) is 5.69 Å². The zero-order valence-corrected chi connectivity index (χ0v) is 16.5. The molecule has 2 aromatic rings. The molecule has 0 saturated carbocycles. The Bertz CT molecular complexity index is 893. The third-order valence-corrected chi connectivity index (χ3v) is 6.53. The van der Waals surface area contributed by atoms with Gasteiger partial charge in [-0.05, 0) is 38.0 Å². The van der Waals surface area contributed by atoms with E-state index in [4.69, 9.17) is 0 Å². The number of hydrogen-bond donors (Lipinski definition) is 1. The van der Waals surface area contributed by atoms with E-state index in [2.05, 4.69) is 5.32 Å². The summed E-state index contributed by atoms with van der Waals surface area (Å²) in [6.45, 7) is 4.92. The molecule has 2 aromatic carbocycles. The fourth-order valence-corrected chi connectivity index (χ4v) is 4.67. The maximum atomic E-state index is 12.9. The van der Waals surface area contributed by atoms with Gasteiger partial charge < -0.3 is 5.32 Å². The van der Waals surface area contributed by atoms with Crippen LogP contribution in [0.1, 0.15) is 23.1 Å². The molecule has 0 radical (unpaired) electrons. The van der Waals surface area contributed by atoms with E-state index in [0.29, 0.717) is 31.7 Å². The van der Waals surface area contributed by atoms with Crippen molar-refractivity contribution in [1.29, 1.82) is 0 Å². The van der Waals surface area contributed by atoms with Gasteiger partial charge in [0, 0.05) is 25.3 Å². The Morgan fingerprint density at radius 1 is 0.926 bits per heavy atom. The number of rotatable bonds is 5. The molecule has 0 spiro atoms. The van der Waals surface area contributed by atoms with E-state index in [-0.39, 0.29) is 12.5 Å². The lowest BCUT2D eigenvalue weighted by Crippen LogP contribution is -2.51. The molecule has 1 fully saturated rings. The van der Waals surface area contributed by atoms with Crippen LogP contribution in [-0.4, -0.2) is 42.6 Å². The van der Waals surface area contributed by atoms with Crippen molar-refractivity contribution in [2.24, 2.45) is 0 Å². The quantitative estimate of drug-likeness (QED) is 0.858. The smallest absolute Gasteiger partial charge is 0.282 e. The van der Waals surface area contributed by atoms with Crippen molar-refractivity contribution in [3.8, 4) is 0 Å². The van der Waals surface area contributed by atoms with E-state index in [0.717, 1.165) is 16.7 Å². The van der Waals surface area contributed by atoms with Crippen molar-refractivity contribution in [1.82, 2.24) is 8.61 Å². The van der Waals surface area contributed by atoms with Crippen molar-refractivity contribution in [3.05, 3.63) is 65.2 Å². The molecular weight excluding hydrogens is 362 g/mol. The maximum Gasteiger partial charge on any atom is 0.282 e. The van der Waals surface area contributed by atoms with E-state index >= 15 is 0 Å². The Balaban J connectivity index is 1.65. The Labute approximate surface area is 161 Å². The van der Waals surface area contributed by atoms with Gasteiger partial charge in [-0.2, -0.15) is 17.0 Å². The number of carbonyl (C=O) groups is 1. The highest BCUT2D eigenvalue weighted by Crippen LogP contribution is 2.20. The summed E-state index contributed by atoms with van der Waals surface area (Å²) in [5.74, 6) is -0.334. The first-order valence-corrected chi connectivity index (χ1v) is 10.4. The highest BCUT2D eigenvalue weighted by atomic mass is 32.2. The second-order valence-electron chi connectivity index (χ2n) is 6.93. The highest BCUT2D eigenvalue weighted by molar-refractivity contribution is 7.86. The Kier molecular flexibility index (Phi) is 5.94. The van der Waals surface area contributed by atoms with Gasteiger partial charge in [-0.1, -0.05) is 47.5 Å². The van der Waals surface area contributed by atoms with Crippen molar-refractivity contribution in [3.63, 3.8) is 0 Å².